The van der Waals surface area contributed by atoms with Crippen LogP contribution in [0.3, 0.4) is 0 Å². The maximum Gasteiger partial charge on any atom is 0.410 e. The molecule has 0 aromatic heterocycles. The molecule has 0 aliphatic carbocycles. The number of hydrogen-bond acceptors (Lipinski definition) is 6. The highest BCUT2D eigenvalue weighted by atomic mass is 16.6. The first-order valence-electron chi connectivity index (χ1n) is 10.4. The predicted molar refractivity (Wildman–Crippen MR) is 118 cm³/mol. The summed E-state index contributed by atoms with van der Waals surface area (Å²) in [5, 5.41) is 0. The number of piperazine rings is 1. The van der Waals surface area contributed by atoms with Crippen LogP contribution in [-0.2, 0) is 20.9 Å². The fourth-order valence-electron chi connectivity index (χ4n) is 3.40. The number of carbonyl (C=O) groups excluding carboxylic acids is 2. The molecule has 3 rings (SSSR count). The van der Waals surface area contributed by atoms with Crippen LogP contribution in [-0.4, -0.2) is 55.3 Å². The molecule has 2 aromatic rings. The topological polar surface area (TPSA) is 68.3 Å². The standard InChI is InChI=1S/C24H30N2O5/c1-24(2,3)31-23(28)25-14-15-26(21(16-25)22(27)29-4)19-10-12-20(13-11-19)30-17-18-8-6-5-7-9-18/h5-13,21H,14-17H2,1-4H3. The van der Waals surface area contributed by atoms with Gasteiger partial charge in [-0.3, -0.25) is 0 Å². The third-order valence-corrected chi connectivity index (χ3v) is 4.92. The summed E-state index contributed by atoms with van der Waals surface area (Å²) in [6, 6.07) is 16.9. The van der Waals surface area contributed by atoms with Gasteiger partial charge in [0.1, 0.15) is 24.0 Å². The highest BCUT2D eigenvalue weighted by Crippen LogP contribution is 2.25. The number of hydrogen-bond donors (Lipinski definition) is 0. The molecular weight excluding hydrogens is 396 g/mol. The molecule has 0 bridgehead atoms. The van der Waals surface area contributed by atoms with E-state index >= 15 is 0 Å². The molecule has 0 N–H and O–H groups in total. The van der Waals surface area contributed by atoms with E-state index < -0.39 is 23.7 Å². The highest BCUT2D eigenvalue weighted by Gasteiger charge is 2.36. The molecule has 0 spiro atoms. The molecule has 1 saturated heterocycles. The molecule has 0 radical (unpaired) electrons. The number of anilines is 1. The predicted octanol–water partition coefficient (Wildman–Crippen LogP) is 3.86. The third-order valence-electron chi connectivity index (χ3n) is 4.92. The Morgan fingerprint density at radius 1 is 1.00 bits per heavy atom. The van der Waals surface area contributed by atoms with Crippen LogP contribution in [0.25, 0.3) is 0 Å². The van der Waals surface area contributed by atoms with Gasteiger partial charge in [0.15, 0.2) is 0 Å². The van der Waals surface area contributed by atoms with Gasteiger partial charge in [-0.2, -0.15) is 0 Å². The van der Waals surface area contributed by atoms with Crippen molar-refractivity contribution in [3.8, 4) is 5.75 Å². The van der Waals surface area contributed by atoms with Crippen molar-refractivity contribution in [2.45, 2.75) is 39.0 Å². The Bertz CT molecular complexity index is 877. The zero-order valence-corrected chi connectivity index (χ0v) is 18.5. The van der Waals surface area contributed by atoms with Crippen LogP contribution in [0.2, 0.25) is 0 Å². The van der Waals surface area contributed by atoms with E-state index in [9.17, 15) is 9.59 Å². The second kappa shape index (κ2) is 9.73. The highest BCUT2D eigenvalue weighted by molar-refractivity contribution is 5.82. The van der Waals surface area contributed by atoms with Crippen molar-refractivity contribution in [1.29, 1.82) is 0 Å². The summed E-state index contributed by atoms with van der Waals surface area (Å²) in [5.41, 5.74) is 1.37. The maximum absolute atomic E-state index is 12.5. The molecule has 166 valence electrons. The van der Waals surface area contributed by atoms with E-state index in [4.69, 9.17) is 14.2 Å². The number of ether oxygens (including phenoxy) is 3. The molecule has 31 heavy (non-hydrogen) atoms. The molecule has 1 unspecified atom stereocenters. The first kappa shape index (κ1) is 22.5. The van der Waals surface area contributed by atoms with E-state index in [1.54, 1.807) is 4.90 Å². The molecule has 7 nitrogen and oxygen atoms in total. The smallest absolute Gasteiger partial charge is 0.410 e. The summed E-state index contributed by atoms with van der Waals surface area (Å²) in [6.45, 7) is 7.09. The molecule has 1 atom stereocenters. The molecule has 1 amide bonds. The monoisotopic (exact) mass is 426 g/mol. The van der Waals surface area contributed by atoms with Gasteiger partial charge in [0.05, 0.1) is 13.7 Å². The fraction of sp³-hybridized carbons (Fsp3) is 0.417. The lowest BCUT2D eigenvalue weighted by molar-refractivity contribution is -0.143. The van der Waals surface area contributed by atoms with E-state index in [2.05, 4.69) is 0 Å². The molecule has 7 heteroatoms. The molecule has 2 aromatic carbocycles. The zero-order valence-electron chi connectivity index (χ0n) is 18.5. The minimum Gasteiger partial charge on any atom is -0.489 e. The average Bonchev–Trinajstić information content (AvgIpc) is 2.76. The lowest BCUT2D eigenvalue weighted by atomic mass is 10.1. The normalized spacial score (nSPS) is 16.6. The Balaban J connectivity index is 1.67. The first-order chi connectivity index (χ1) is 14.8. The SMILES string of the molecule is COC(=O)C1CN(C(=O)OC(C)(C)C)CCN1c1ccc(OCc2ccccc2)cc1. The average molecular weight is 427 g/mol. The molecule has 1 aliphatic rings. The van der Waals surface area contributed by atoms with Gasteiger partial charge in [-0.05, 0) is 50.6 Å². The van der Waals surface area contributed by atoms with Crippen LogP contribution in [0.1, 0.15) is 26.3 Å². The van der Waals surface area contributed by atoms with Gasteiger partial charge < -0.3 is 24.0 Å². The lowest BCUT2D eigenvalue weighted by Gasteiger charge is -2.41. The lowest BCUT2D eigenvalue weighted by Crippen LogP contribution is -2.58. The molecule has 1 aliphatic heterocycles. The number of methoxy groups -OCH3 is 1. The largest absolute Gasteiger partial charge is 0.489 e. The number of nitrogens with zero attached hydrogens (tertiary/aromatic N) is 2. The van der Waals surface area contributed by atoms with Crippen molar-refractivity contribution >= 4 is 17.7 Å². The summed E-state index contributed by atoms with van der Waals surface area (Å²) in [5.74, 6) is 0.354. The second-order valence-corrected chi connectivity index (χ2v) is 8.43. The van der Waals surface area contributed by atoms with Crippen molar-refractivity contribution < 1.29 is 23.8 Å². The Kier molecular flexibility index (Phi) is 7.05. The minimum atomic E-state index is -0.609. The number of esters is 1. The van der Waals surface area contributed by atoms with Crippen molar-refractivity contribution in [3.63, 3.8) is 0 Å². The van der Waals surface area contributed by atoms with Crippen molar-refractivity contribution in [2.75, 3.05) is 31.6 Å². The summed E-state index contributed by atoms with van der Waals surface area (Å²) in [4.78, 5) is 28.4. The van der Waals surface area contributed by atoms with Gasteiger partial charge in [0, 0.05) is 18.8 Å². The maximum atomic E-state index is 12.5. The van der Waals surface area contributed by atoms with Crippen LogP contribution in [0, 0.1) is 0 Å². The molecular formula is C24H30N2O5. The van der Waals surface area contributed by atoms with Crippen LogP contribution >= 0.6 is 0 Å². The van der Waals surface area contributed by atoms with Crippen LogP contribution in [0.4, 0.5) is 10.5 Å². The Morgan fingerprint density at radius 3 is 2.29 bits per heavy atom. The zero-order chi connectivity index (χ0) is 22.4. The van der Waals surface area contributed by atoms with Crippen molar-refractivity contribution in [2.24, 2.45) is 0 Å². The van der Waals surface area contributed by atoms with E-state index in [1.807, 2.05) is 80.3 Å². The number of carbonyl (C=O) groups is 2. The molecule has 1 fully saturated rings. The molecule has 0 saturated carbocycles. The van der Waals surface area contributed by atoms with Crippen LogP contribution in [0.15, 0.2) is 54.6 Å². The van der Waals surface area contributed by atoms with Crippen molar-refractivity contribution in [1.82, 2.24) is 4.90 Å². The summed E-state index contributed by atoms with van der Waals surface area (Å²) >= 11 is 0. The van der Waals surface area contributed by atoms with Crippen LogP contribution in [0.5, 0.6) is 5.75 Å². The summed E-state index contributed by atoms with van der Waals surface area (Å²) in [7, 11) is 1.35. The number of rotatable bonds is 5. The van der Waals surface area contributed by atoms with Gasteiger partial charge in [0.2, 0.25) is 0 Å². The Labute approximate surface area is 183 Å². The second-order valence-electron chi connectivity index (χ2n) is 8.43. The number of benzene rings is 2. The van der Waals surface area contributed by atoms with Crippen LogP contribution < -0.4 is 9.64 Å². The third kappa shape index (κ3) is 6.13. The van der Waals surface area contributed by atoms with E-state index in [1.165, 1.54) is 7.11 Å². The first-order valence-corrected chi connectivity index (χ1v) is 10.4. The fourth-order valence-corrected chi connectivity index (χ4v) is 3.40. The van der Waals surface area contributed by atoms with Gasteiger partial charge in [0.25, 0.3) is 0 Å². The summed E-state index contributed by atoms with van der Waals surface area (Å²) in [6.07, 6.45) is -0.425. The van der Waals surface area contributed by atoms with Gasteiger partial charge in [-0.25, -0.2) is 9.59 Å². The van der Waals surface area contributed by atoms with Gasteiger partial charge in [-0.1, -0.05) is 30.3 Å². The summed E-state index contributed by atoms with van der Waals surface area (Å²) < 4.78 is 16.3. The quantitative estimate of drug-likeness (QED) is 0.677. The van der Waals surface area contributed by atoms with Gasteiger partial charge in [-0.15, -0.1) is 0 Å². The van der Waals surface area contributed by atoms with E-state index in [0.717, 1.165) is 17.0 Å². The Morgan fingerprint density at radius 2 is 1.68 bits per heavy atom. The van der Waals surface area contributed by atoms with Gasteiger partial charge >= 0.3 is 12.1 Å². The minimum absolute atomic E-state index is 0.202. The molecule has 1 heterocycles. The van der Waals surface area contributed by atoms with Crippen molar-refractivity contribution in [3.05, 3.63) is 60.2 Å². The van der Waals surface area contributed by atoms with E-state index in [0.29, 0.717) is 19.7 Å². The van der Waals surface area contributed by atoms with E-state index in [-0.39, 0.29) is 6.54 Å². The Hall–Kier alpha value is -3.22. The number of amides is 1.